The third-order valence-corrected chi connectivity index (χ3v) is 5.51. The Bertz CT molecular complexity index is 709. The lowest BCUT2D eigenvalue weighted by molar-refractivity contribution is -0.125. The number of ether oxygens (including phenoxy) is 2. The maximum Gasteiger partial charge on any atom is 0.355 e. The van der Waals surface area contributed by atoms with E-state index in [1.54, 1.807) is 20.8 Å². The van der Waals surface area contributed by atoms with Crippen molar-refractivity contribution in [3.05, 3.63) is 22.5 Å². The second-order valence-electron chi connectivity index (χ2n) is 7.36. The van der Waals surface area contributed by atoms with Crippen molar-refractivity contribution in [2.45, 2.75) is 59.9 Å². The van der Waals surface area contributed by atoms with Gasteiger partial charge >= 0.3 is 11.9 Å². The molecule has 0 unspecified atom stereocenters. The Morgan fingerprint density at radius 1 is 1.11 bits per heavy atom. The van der Waals surface area contributed by atoms with Crippen LogP contribution in [0.3, 0.4) is 0 Å². The Kier molecular flexibility index (Phi) is 7.05. The van der Waals surface area contributed by atoms with E-state index >= 15 is 0 Å². The van der Waals surface area contributed by atoms with Crippen LogP contribution in [0.25, 0.3) is 0 Å². The molecule has 0 aromatic carbocycles. The summed E-state index contributed by atoms with van der Waals surface area (Å²) in [7, 11) is 0. The van der Waals surface area contributed by atoms with Gasteiger partial charge in [-0.1, -0.05) is 26.7 Å². The summed E-state index contributed by atoms with van der Waals surface area (Å²) < 4.78 is 10.2. The Labute approximate surface area is 160 Å². The summed E-state index contributed by atoms with van der Waals surface area (Å²) in [5, 5.41) is 2.98. The first-order valence-corrected chi connectivity index (χ1v) is 9.59. The van der Waals surface area contributed by atoms with Crippen LogP contribution in [-0.4, -0.2) is 42.1 Å². The van der Waals surface area contributed by atoms with Crippen LogP contribution in [0.1, 0.15) is 72.1 Å². The maximum absolute atomic E-state index is 12.4. The van der Waals surface area contributed by atoms with Crippen molar-refractivity contribution < 1.29 is 23.9 Å². The van der Waals surface area contributed by atoms with E-state index in [0.717, 1.165) is 12.8 Å². The van der Waals surface area contributed by atoms with Crippen molar-refractivity contribution >= 4 is 17.8 Å². The topological polar surface area (TPSA) is 97.5 Å². The molecule has 27 heavy (non-hydrogen) atoms. The number of carbonyl (C=O) groups is 3. The molecule has 0 saturated heterocycles. The van der Waals surface area contributed by atoms with Gasteiger partial charge in [-0.2, -0.15) is 0 Å². The molecule has 2 N–H and O–H groups in total. The third-order valence-electron chi connectivity index (χ3n) is 5.51. The number of aromatic amines is 1. The summed E-state index contributed by atoms with van der Waals surface area (Å²) in [5.74, 6) is -0.476. The summed E-state index contributed by atoms with van der Waals surface area (Å²) in [5.41, 5.74) is 1.48. The van der Waals surface area contributed by atoms with Crippen molar-refractivity contribution in [3.63, 3.8) is 0 Å². The molecule has 0 aliphatic heterocycles. The van der Waals surface area contributed by atoms with E-state index in [2.05, 4.69) is 24.1 Å². The smallest absolute Gasteiger partial charge is 0.355 e. The zero-order valence-electron chi connectivity index (χ0n) is 16.8. The Balaban J connectivity index is 1.95. The number of H-pyrrole nitrogens is 1. The number of hydrogen-bond donors (Lipinski definition) is 2. The van der Waals surface area contributed by atoms with E-state index in [-0.39, 0.29) is 36.4 Å². The minimum atomic E-state index is -0.628. The predicted octanol–water partition coefficient (Wildman–Crippen LogP) is 2.91. The van der Waals surface area contributed by atoms with Gasteiger partial charge in [-0.3, -0.25) is 4.79 Å². The van der Waals surface area contributed by atoms with Crippen molar-refractivity contribution in [3.8, 4) is 0 Å². The molecule has 150 valence electrons. The van der Waals surface area contributed by atoms with Gasteiger partial charge in [-0.05, 0) is 44.6 Å². The molecule has 1 aromatic heterocycles. The van der Waals surface area contributed by atoms with Gasteiger partial charge in [0.25, 0.3) is 5.91 Å². The van der Waals surface area contributed by atoms with E-state index in [1.807, 2.05) is 0 Å². The number of carbonyl (C=O) groups excluding carboxylic acids is 3. The minimum absolute atomic E-state index is 0.117. The van der Waals surface area contributed by atoms with Gasteiger partial charge in [0.2, 0.25) is 0 Å². The van der Waals surface area contributed by atoms with E-state index in [9.17, 15) is 14.4 Å². The van der Waals surface area contributed by atoms with Crippen molar-refractivity contribution in [1.82, 2.24) is 10.3 Å². The number of esters is 2. The Morgan fingerprint density at radius 2 is 1.81 bits per heavy atom. The number of nitrogens with one attached hydrogen (secondary N) is 2. The van der Waals surface area contributed by atoms with E-state index in [0.29, 0.717) is 23.1 Å². The summed E-state index contributed by atoms with van der Waals surface area (Å²) in [6.45, 7) is 9.29. The van der Waals surface area contributed by atoms with Gasteiger partial charge in [-0.25, -0.2) is 9.59 Å². The molecule has 1 saturated carbocycles. The molecule has 7 heteroatoms. The quantitative estimate of drug-likeness (QED) is 0.742. The molecular formula is C20H30N2O5. The molecule has 1 fully saturated rings. The van der Waals surface area contributed by atoms with Crippen molar-refractivity contribution in [2.24, 2.45) is 11.8 Å². The minimum Gasteiger partial charge on any atom is -0.461 e. The van der Waals surface area contributed by atoms with Crippen LogP contribution in [0, 0.1) is 25.7 Å². The van der Waals surface area contributed by atoms with Gasteiger partial charge in [0.05, 0.1) is 12.2 Å². The number of hydrogen-bond acceptors (Lipinski definition) is 5. The molecule has 1 aliphatic carbocycles. The molecular weight excluding hydrogens is 348 g/mol. The van der Waals surface area contributed by atoms with Crippen LogP contribution < -0.4 is 5.32 Å². The van der Waals surface area contributed by atoms with Crippen LogP contribution in [0.15, 0.2) is 0 Å². The van der Waals surface area contributed by atoms with Crippen LogP contribution in [0.4, 0.5) is 0 Å². The third kappa shape index (κ3) is 4.90. The fourth-order valence-electron chi connectivity index (χ4n) is 3.70. The molecule has 0 radical (unpaired) electrons. The molecule has 1 aromatic rings. The zero-order valence-corrected chi connectivity index (χ0v) is 16.8. The molecule has 1 heterocycles. The number of aryl methyl sites for hydroxylation is 1. The van der Waals surface area contributed by atoms with Gasteiger partial charge < -0.3 is 19.8 Å². The Morgan fingerprint density at radius 3 is 2.48 bits per heavy atom. The molecule has 1 aliphatic rings. The van der Waals surface area contributed by atoms with Gasteiger partial charge in [0.15, 0.2) is 6.61 Å². The zero-order chi connectivity index (χ0) is 20.1. The highest BCUT2D eigenvalue weighted by Gasteiger charge is 2.29. The molecule has 1 amide bonds. The van der Waals surface area contributed by atoms with Crippen molar-refractivity contribution in [1.29, 1.82) is 0 Å². The second-order valence-corrected chi connectivity index (χ2v) is 7.36. The first kappa shape index (κ1) is 21.0. The first-order chi connectivity index (χ1) is 12.8. The summed E-state index contributed by atoms with van der Waals surface area (Å²) >= 11 is 0. The fourth-order valence-corrected chi connectivity index (χ4v) is 3.70. The lowest BCUT2D eigenvalue weighted by atomic mass is 9.78. The summed E-state index contributed by atoms with van der Waals surface area (Å²) in [6.07, 6.45) is 3.22. The van der Waals surface area contributed by atoms with Gasteiger partial charge in [0.1, 0.15) is 5.69 Å². The van der Waals surface area contributed by atoms with Crippen molar-refractivity contribution in [2.75, 3.05) is 13.2 Å². The normalized spacial score (nSPS) is 22.2. The first-order valence-electron chi connectivity index (χ1n) is 9.59. The van der Waals surface area contributed by atoms with E-state index in [1.165, 1.54) is 6.42 Å². The molecule has 3 atom stereocenters. The number of amides is 1. The highest BCUT2D eigenvalue weighted by Crippen LogP contribution is 2.29. The predicted molar refractivity (Wildman–Crippen MR) is 101 cm³/mol. The average molecular weight is 378 g/mol. The van der Waals surface area contributed by atoms with Crippen LogP contribution in [0.5, 0.6) is 0 Å². The number of aromatic nitrogens is 1. The lowest BCUT2D eigenvalue weighted by Crippen LogP contribution is -2.45. The van der Waals surface area contributed by atoms with Crippen LogP contribution >= 0.6 is 0 Å². The summed E-state index contributed by atoms with van der Waals surface area (Å²) in [6, 6.07) is 0.117. The maximum atomic E-state index is 12.4. The summed E-state index contributed by atoms with van der Waals surface area (Å²) in [4.78, 5) is 39.4. The molecule has 0 spiro atoms. The SMILES string of the molecule is CCOC(=O)c1[nH]c(C)c(C(=O)OCC(=O)N[C@@H]2CCC[C@H](C)[C@@H]2C)c1C. The van der Waals surface area contributed by atoms with E-state index < -0.39 is 11.9 Å². The molecule has 0 bridgehead atoms. The van der Waals surface area contributed by atoms with Crippen LogP contribution in [0.2, 0.25) is 0 Å². The van der Waals surface area contributed by atoms with Crippen LogP contribution in [-0.2, 0) is 14.3 Å². The monoisotopic (exact) mass is 378 g/mol. The standard InChI is InChI=1S/C20H30N2O5/c1-6-26-20(25)18-13(4)17(14(5)21-18)19(24)27-10-16(23)22-15-9-7-8-11(2)12(15)3/h11-12,15,21H,6-10H2,1-5H3,(H,22,23)/t11-,12-,15+/m0/s1. The Hall–Kier alpha value is -2.31. The van der Waals surface area contributed by atoms with Gasteiger partial charge in [-0.15, -0.1) is 0 Å². The average Bonchev–Trinajstić information content (AvgIpc) is 2.92. The van der Waals surface area contributed by atoms with Gasteiger partial charge in [0, 0.05) is 11.7 Å². The molecule has 2 rings (SSSR count). The fraction of sp³-hybridized carbons (Fsp3) is 0.650. The lowest BCUT2D eigenvalue weighted by Gasteiger charge is -2.34. The highest BCUT2D eigenvalue weighted by molar-refractivity contribution is 5.99. The molecule has 7 nitrogen and oxygen atoms in total. The highest BCUT2D eigenvalue weighted by atomic mass is 16.5. The largest absolute Gasteiger partial charge is 0.461 e. The number of rotatable bonds is 6. The van der Waals surface area contributed by atoms with E-state index in [4.69, 9.17) is 9.47 Å². The second kappa shape index (κ2) is 9.06.